The summed E-state index contributed by atoms with van der Waals surface area (Å²) in [5.41, 5.74) is 7.29. The van der Waals surface area contributed by atoms with Crippen molar-refractivity contribution < 1.29 is 5.11 Å². The summed E-state index contributed by atoms with van der Waals surface area (Å²) in [7, 11) is 0. The summed E-state index contributed by atoms with van der Waals surface area (Å²) in [6.07, 6.45) is 0.966. The summed E-state index contributed by atoms with van der Waals surface area (Å²) < 4.78 is 0. The molecule has 0 fully saturated rings. The van der Waals surface area contributed by atoms with Crippen LogP contribution in [0.5, 0.6) is 5.75 Å². The Kier molecular flexibility index (Phi) is 5.61. The lowest BCUT2D eigenvalue weighted by Crippen LogP contribution is -2.15. The molecule has 2 aromatic rings. The van der Waals surface area contributed by atoms with Crippen LogP contribution in [0.25, 0.3) is 0 Å². The molecule has 0 aliphatic carbocycles. The monoisotopic (exact) mass is 352 g/mol. The Labute approximate surface area is 160 Å². The highest BCUT2D eigenvalue weighted by Crippen LogP contribution is 2.41. The van der Waals surface area contributed by atoms with Crippen molar-refractivity contribution in [1.82, 2.24) is 0 Å². The number of hydrogen-bond acceptors (Lipinski definition) is 1. The van der Waals surface area contributed by atoms with Gasteiger partial charge in [0.05, 0.1) is 0 Å². The molecule has 0 aromatic heterocycles. The zero-order valence-electron chi connectivity index (χ0n) is 18.1. The number of phenols is 1. The van der Waals surface area contributed by atoms with Crippen molar-refractivity contribution in [2.45, 2.75) is 85.5 Å². The van der Waals surface area contributed by atoms with E-state index >= 15 is 0 Å². The number of benzene rings is 2. The minimum atomic E-state index is -0.0771. The first-order valence-corrected chi connectivity index (χ1v) is 9.80. The fourth-order valence-electron chi connectivity index (χ4n) is 3.73. The lowest BCUT2D eigenvalue weighted by Gasteiger charge is -2.27. The quantitative estimate of drug-likeness (QED) is 0.622. The van der Waals surface area contributed by atoms with Crippen LogP contribution < -0.4 is 0 Å². The number of aryl methyl sites for hydroxylation is 2. The van der Waals surface area contributed by atoms with Gasteiger partial charge in [-0.1, -0.05) is 89.9 Å². The van der Waals surface area contributed by atoms with Crippen LogP contribution >= 0.6 is 0 Å². The van der Waals surface area contributed by atoms with Crippen molar-refractivity contribution in [1.29, 1.82) is 0 Å². The molecule has 0 aliphatic rings. The average molecular weight is 353 g/mol. The Balaban J connectivity index is 2.67. The maximum atomic E-state index is 11.1. The highest BCUT2D eigenvalue weighted by atomic mass is 16.3. The molecule has 0 saturated heterocycles. The van der Waals surface area contributed by atoms with Crippen LogP contribution in [-0.2, 0) is 10.8 Å². The molecule has 0 aliphatic heterocycles. The molecule has 2 aromatic carbocycles. The molecule has 0 radical (unpaired) electrons. The summed E-state index contributed by atoms with van der Waals surface area (Å²) in [4.78, 5) is 0. The number of phenolic OH excluding ortho intramolecular Hbond substituents is 1. The van der Waals surface area contributed by atoms with Crippen molar-refractivity contribution >= 4 is 0 Å². The fourth-order valence-corrected chi connectivity index (χ4v) is 3.73. The van der Waals surface area contributed by atoms with Gasteiger partial charge in [0.1, 0.15) is 5.75 Å². The number of aromatic hydroxyl groups is 1. The van der Waals surface area contributed by atoms with Gasteiger partial charge in [-0.05, 0) is 47.8 Å². The maximum Gasteiger partial charge on any atom is 0.123 e. The highest BCUT2D eigenvalue weighted by molar-refractivity contribution is 5.52. The van der Waals surface area contributed by atoms with Crippen molar-refractivity contribution in [3.63, 3.8) is 0 Å². The summed E-state index contributed by atoms with van der Waals surface area (Å²) in [6, 6.07) is 11.2. The molecule has 0 spiro atoms. The van der Waals surface area contributed by atoms with E-state index in [1.54, 1.807) is 0 Å². The second-order valence-electron chi connectivity index (χ2n) is 9.84. The van der Waals surface area contributed by atoms with E-state index in [0.717, 1.165) is 17.5 Å². The maximum absolute atomic E-state index is 11.1. The first-order valence-electron chi connectivity index (χ1n) is 9.80. The van der Waals surface area contributed by atoms with Crippen molar-refractivity contribution in [2.75, 3.05) is 0 Å². The zero-order chi connectivity index (χ0) is 19.9. The highest BCUT2D eigenvalue weighted by Gasteiger charge is 2.25. The van der Waals surface area contributed by atoms with E-state index in [2.05, 4.69) is 92.6 Å². The van der Waals surface area contributed by atoms with Gasteiger partial charge in [0, 0.05) is 11.5 Å². The van der Waals surface area contributed by atoms with Gasteiger partial charge < -0.3 is 5.11 Å². The van der Waals surface area contributed by atoms with Gasteiger partial charge in [0.15, 0.2) is 0 Å². The van der Waals surface area contributed by atoms with Gasteiger partial charge >= 0.3 is 0 Å². The van der Waals surface area contributed by atoms with E-state index in [1.807, 2.05) is 0 Å². The standard InChI is InChI=1S/C25H36O/c1-10-20(18-11-16(2)12-19(15-18)24(4,5)6)21-13-17(3)14-22(23(21)26)25(7,8)9/h11-15,20,26H,10H2,1-9H3. The first-order chi connectivity index (χ1) is 11.8. The predicted molar refractivity (Wildman–Crippen MR) is 114 cm³/mol. The van der Waals surface area contributed by atoms with E-state index < -0.39 is 0 Å². The SMILES string of the molecule is CCC(c1cc(C)cc(C(C)(C)C)c1)c1cc(C)cc(C(C)(C)C)c1O. The third-order valence-electron chi connectivity index (χ3n) is 5.24. The van der Waals surface area contributed by atoms with Crippen LogP contribution in [0.2, 0.25) is 0 Å². The van der Waals surface area contributed by atoms with Gasteiger partial charge in [-0.15, -0.1) is 0 Å². The van der Waals surface area contributed by atoms with E-state index in [-0.39, 0.29) is 16.7 Å². The van der Waals surface area contributed by atoms with E-state index in [9.17, 15) is 5.11 Å². The molecule has 26 heavy (non-hydrogen) atoms. The third-order valence-corrected chi connectivity index (χ3v) is 5.24. The van der Waals surface area contributed by atoms with Crippen LogP contribution in [0.15, 0.2) is 30.3 Å². The van der Waals surface area contributed by atoms with E-state index in [4.69, 9.17) is 0 Å². The van der Waals surface area contributed by atoms with Crippen molar-refractivity contribution in [3.05, 3.63) is 63.7 Å². The minimum absolute atomic E-state index is 0.0771. The Morgan fingerprint density at radius 2 is 1.38 bits per heavy atom. The molecular weight excluding hydrogens is 316 g/mol. The van der Waals surface area contributed by atoms with Crippen molar-refractivity contribution in [3.8, 4) is 5.75 Å². The zero-order valence-corrected chi connectivity index (χ0v) is 18.1. The fraction of sp³-hybridized carbons (Fsp3) is 0.520. The molecule has 0 bridgehead atoms. The van der Waals surface area contributed by atoms with Gasteiger partial charge in [-0.2, -0.15) is 0 Å². The molecule has 1 heteroatoms. The molecule has 0 amide bonds. The Bertz CT molecular complexity index is 785. The van der Waals surface area contributed by atoms with Crippen LogP contribution in [0.1, 0.15) is 94.2 Å². The molecular formula is C25H36O. The Morgan fingerprint density at radius 3 is 1.88 bits per heavy atom. The van der Waals surface area contributed by atoms with Gasteiger partial charge in [0.2, 0.25) is 0 Å². The summed E-state index contributed by atoms with van der Waals surface area (Å²) in [6.45, 7) is 19.8. The molecule has 2 rings (SSSR count). The smallest absolute Gasteiger partial charge is 0.123 e. The lowest BCUT2D eigenvalue weighted by molar-refractivity contribution is 0.436. The van der Waals surface area contributed by atoms with Crippen molar-refractivity contribution in [2.24, 2.45) is 0 Å². The molecule has 1 atom stereocenters. The van der Waals surface area contributed by atoms with Gasteiger partial charge in [-0.25, -0.2) is 0 Å². The van der Waals surface area contributed by atoms with Crippen LogP contribution in [0.4, 0.5) is 0 Å². The van der Waals surface area contributed by atoms with Crippen LogP contribution in [0.3, 0.4) is 0 Å². The average Bonchev–Trinajstić information content (AvgIpc) is 2.48. The Hall–Kier alpha value is -1.76. The van der Waals surface area contributed by atoms with E-state index in [0.29, 0.717) is 5.75 Å². The molecule has 1 nitrogen and oxygen atoms in total. The summed E-state index contributed by atoms with van der Waals surface area (Å²) >= 11 is 0. The number of hydrogen-bond donors (Lipinski definition) is 1. The first kappa shape index (κ1) is 20.6. The second-order valence-corrected chi connectivity index (χ2v) is 9.84. The van der Waals surface area contributed by atoms with Crippen LogP contribution in [0, 0.1) is 13.8 Å². The van der Waals surface area contributed by atoms with Gasteiger partial charge in [-0.3, -0.25) is 0 Å². The largest absolute Gasteiger partial charge is 0.507 e. The van der Waals surface area contributed by atoms with E-state index in [1.165, 1.54) is 22.3 Å². The predicted octanol–water partition coefficient (Wildman–Crippen LogP) is 7.15. The topological polar surface area (TPSA) is 20.2 Å². The van der Waals surface area contributed by atoms with Crippen LogP contribution in [-0.4, -0.2) is 5.11 Å². The molecule has 0 heterocycles. The molecule has 1 unspecified atom stereocenters. The molecule has 1 N–H and O–H groups in total. The third kappa shape index (κ3) is 4.31. The summed E-state index contributed by atoms with van der Waals surface area (Å²) in [5, 5.41) is 11.1. The summed E-state index contributed by atoms with van der Waals surface area (Å²) in [5.74, 6) is 0.672. The second kappa shape index (κ2) is 7.10. The van der Waals surface area contributed by atoms with Gasteiger partial charge in [0.25, 0.3) is 0 Å². The normalized spacial score (nSPS) is 13.7. The number of rotatable bonds is 3. The minimum Gasteiger partial charge on any atom is -0.507 e. The lowest BCUT2D eigenvalue weighted by atomic mass is 9.78. The Morgan fingerprint density at radius 1 is 0.808 bits per heavy atom. The molecule has 142 valence electrons. The molecule has 0 saturated carbocycles.